The summed E-state index contributed by atoms with van der Waals surface area (Å²) in [5, 5.41) is 0. The van der Waals surface area contributed by atoms with Crippen molar-refractivity contribution in [3.05, 3.63) is 69.7 Å². The first-order chi connectivity index (χ1) is 9.02. The van der Waals surface area contributed by atoms with Crippen molar-refractivity contribution in [2.24, 2.45) is 0 Å². The van der Waals surface area contributed by atoms with Gasteiger partial charge < -0.3 is 4.74 Å². The quantitative estimate of drug-likeness (QED) is 0.762. The molecule has 0 fully saturated rings. The zero-order valence-electron chi connectivity index (χ0n) is 11.5. The average molecular weight is 317 g/mol. The Morgan fingerprint density at radius 3 is 2.21 bits per heavy atom. The van der Waals surface area contributed by atoms with Gasteiger partial charge in [0.05, 0.1) is 7.11 Å². The monoisotopic (exact) mass is 316 g/mol. The van der Waals surface area contributed by atoms with Crippen LogP contribution in [0.4, 0.5) is 0 Å². The first-order valence-electron chi connectivity index (χ1n) is 6.13. The lowest BCUT2D eigenvalue weighted by Gasteiger charge is -2.11. The lowest BCUT2D eigenvalue weighted by atomic mass is 9.97. The van der Waals surface area contributed by atoms with Crippen LogP contribution >= 0.6 is 15.9 Å². The minimum absolute atomic E-state index is 0.904. The molecule has 1 nitrogen and oxygen atoms in total. The van der Waals surface area contributed by atoms with Crippen molar-refractivity contribution >= 4 is 21.5 Å². The van der Waals surface area contributed by atoms with Gasteiger partial charge in [-0.15, -0.1) is 0 Å². The lowest BCUT2D eigenvalue weighted by molar-refractivity contribution is 0.411. The van der Waals surface area contributed by atoms with E-state index in [1.165, 1.54) is 5.56 Å². The van der Waals surface area contributed by atoms with E-state index in [0.29, 0.717) is 0 Å². The Morgan fingerprint density at radius 2 is 1.63 bits per heavy atom. The number of rotatable bonds is 3. The largest absolute Gasteiger partial charge is 0.496 e. The normalized spacial score (nSPS) is 10.3. The van der Waals surface area contributed by atoms with Crippen LogP contribution in [0.1, 0.15) is 22.3 Å². The molecule has 0 aliphatic rings. The van der Waals surface area contributed by atoms with E-state index in [4.69, 9.17) is 4.74 Å². The van der Waals surface area contributed by atoms with Gasteiger partial charge >= 0.3 is 0 Å². The van der Waals surface area contributed by atoms with Gasteiger partial charge in [0, 0.05) is 4.47 Å². The predicted octanol–water partition coefficient (Wildman–Crippen LogP) is 5.14. The topological polar surface area (TPSA) is 9.23 Å². The Balaban J connectivity index is 2.38. The van der Waals surface area contributed by atoms with Gasteiger partial charge in [0.2, 0.25) is 0 Å². The number of ether oxygens (including phenoxy) is 1. The van der Waals surface area contributed by atoms with Crippen LogP contribution in [0.15, 0.2) is 47.4 Å². The molecule has 2 rings (SSSR count). The molecular formula is C17H17BrO. The minimum Gasteiger partial charge on any atom is -0.496 e. The molecule has 0 N–H and O–H groups in total. The molecule has 0 radical (unpaired) electrons. The highest BCUT2D eigenvalue weighted by atomic mass is 79.9. The maximum atomic E-state index is 5.28. The van der Waals surface area contributed by atoms with Crippen LogP contribution in [0.2, 0.25) is 0 Å². The molecule has 19 heavy (non-hydrogen) atoms. The van der Waals surface area contributed by atoms with Crippen LogP contribution < -0.4 is 4.74 Å². The fraction of sp³-hybridized carbons (Fsp3) is 0.176. The summed E-state index contributed by atoms with van der Waals surface area (Å²) >= 11 is 3.56. The maximum Gasteiger partial charge on any atom is 0.121 e. The first-order valence-corrected chi connectivity index (χ1v) is 6.92. The Bertz CT molecular complexity index is 629. The SMILES string of the molecule is C=C(c1ccc(OC)c(C)c1)c1ccc(C)c(Br)c1. The van der Waals surface area contributed by atoms with Crippen LogP contribution in [0.25, 0.3) is 5.57 Å². The van der Waals surface area contributed by atoms with Crippen molar-refractivity contribution in [1.29, 1.82) is 0 Å². The van der Waals surface area contributed by atoms with Gasteiger partial charge in [0.15, 0.2) is 0 Å². The van der Waals surface area contributed by atoms with E-state index in [1.807, 2.05) is 19.1 Å². The number of benzene rings is 2. The van der Waals surface area contributed by atoms with Gasteiger partial charge in [0.1, 0.15) is 5.75 Å². The average Bonchev–Trinajstić information content (AvgIpc) is 2.41. The van der Waals surface area contributed by atoms with Crippen molar-refractivity contribution in [3.8, 4) is 5.75 Å². The van der Waals surface area contributed by atoms with Crippen LogP contribution in [-0.4, -0.2) is 7.11 Å². The number of hydrogen-bond donors (Lipinski definition) is 0. The molecule has 0 saturated carbocycles. The van der Waals surface area contributed by atoms with Gasteiger partial charge in [-0.25, -0.2) is 0 Å². The third kappa shape index (κ3) is 2.90. The van der Waals surface area contributed by atoms with Crippen molar-refractivity contribution < 1.29 is 4.74 Å². The fourth-order valence-corrected chi connectivity index (χ4v) is 2.39. The molecule has 0 unspecified atom stereocenters. The zero-order chi connectivity index (χ0) is 14.0. The molecule has 98 valence electrons. The molecule has 2 heteroatoms. The van der Waals surface area contributed by atoms with E-state index in [0.717, 1.165) is 32.5 Å². The summed E-state index contributed by atoms with van der Waals surface area (Å²) < 4.78 is 6.39. The summed E-state index contributed by atoms with van der Waals surface area (Å²) in [5.74, 6) is 0.904. The summed E-state index contributed by atoms with van der Waals surface area (Å²) in [6.45, 7) is 8.32. The molecule has 0 aliphatic heterocycles. The Kier molecular flexibility index (Phi) is 4.11. The molecule has 0 aromatic heterocycles. The van der Waals surface area contributed by atoms with Crippen molar-refractivity contribution in [2.45, 2.75) is 13.8 Å². The summed E-state index contributed by atoms with van der Waals surface area (Å²) in [4.78, 5) is 0. The van der Waals surface area contributed by atoms with Gasteiger partial charge in [-0.05, 0) is 59.9 Å². The van der Waals surface area contributed by atoms with E-state index in [2.05, 4.69) is 53.7 Å². The molecule has 0 bridgehead atoms. The second-order valence-corrected chi connectivity index (χ2v) is 5.48. The van der Waals surface area contributed by atoms with Crippen LogP contribution in [-0.2, 0) is 0 Å². The first kappa shape index (κ1) is 13.9. The van der Waals surface area contributed by atoms with E-state index < -0.39 is 0 Å². The predicted molar refractivity (Wildman–Crippen MR) is 84.7 cm³/mol. The van der Waals surface area contributed by atoms with Crippen molar-refractivity contribution in [2.75, 3.05) is 7.11 Å². The number of methoxy groups -OCH3 is 1. The molecule has 0 aliphatic carbocycles. The molecule has 0 spiro atoms. The van der Waals surface area contributed by atoms with E-state index in [1.54, 1.807) is 7.11 Å². The Labute approximate surface area is 123 Å². The van der Waals surface area contributed by atoms with Gasteiger partial charge in [-0.1, -0.05) is 40.7 Å². The van der Waals surface area contributed by atoms with Gasteiger partial charge in [-0.2, -0.15) is 0 Å². The van der Waals surface area contributed by atoms with E-state index in [-0.39, 0.29) is 0 Å². The summed E-state index contributed by atoms with van der Waals surface area (Å²) in [6, 6.07) is 12.4. The molecule has 0 heterocycles. The second-order valence-electron chi connectivity index (χ2n) is 4.63. The van der Waals surface area contributed by atoms with E-state index in [9.17, 15) is 0 Å². The Hall–Kier alpha value is -1.54. The third-order valence-corrected chi connectivity index (χ3v) is 4.12. The van der Waals surface area contributed by atoms with Crippen LogP contribution in [0.5, 0.6) is 5.75 Å². The second kappa shape index (κ2) is 5.62. The summed E-state index contributed by atoms with van der Waals surface area (Å²) in [6.07, 6.45) is 0. The molecule has 0 amide bonds. The highest BCUT2D eigenvalue weighted by Crippen LogP contribution is 2.28. The highest BCUT2D eigenvalue weighted by Gasteiger charge is 2.06. The molecule has 0 saturated heterocycles. The van der Waals surface area contributed by atoms with Gasteiger partial charge in [-0.3, -0.25) is 0 Å². The third-order valence-electron chi connectivity index (χ3n) is 3.26. The molecule has 2 aromatic carbocycles. The maximum absolute atomic E-state index is 5.28. The number of halogens is 1. The smallest absolute Gasteiger partial charge is 0.121 e. The summed E-state index contributed by atoms with van der Waals surface area (Å²) in [7, 11) is 1.69. The van der Waals surface area contributed by atoms with Crippen molar-refractivity contribution in [1.82, 2.24) is 0 Å². The number of aryl methyl sites for hydroxylation is 2. The lowest BCUT2D eigenvalue weighted by Crippen LogP contribution is -1.91. The van der Waals surface area contributed by atoms with Gasteiger partial charge in [0.25, 0.3) is 0 Å². The van der Waals surface area contributed by atoms with Crippen molar-refractivity contribution in [3.63, 3.8) is 0 Å². The van der Waals surface area contributed by atoms with Crippen LogP contribution in [0.3, 0.4) is 0 Å². The minimum atomic E-state index is 0.904. The Morgan fingerprint density at radius 1 is 1.00 bits per heavy atom. The molecular weight excluding hydrogens is 300 g/mol. The molecule has 0 atom stereocenters. The fourth-order valence-electron chi connectivity index (χ4n) is 2.01. The summed E-state index contributed by atoms with van der Waals surface area (Å²) in [5.41, 5.74) is 5.61. The number of hydrogen-bond acceptors (Lipinski definition) is 1. The standard InChI is InChI=1S/C17H17BrO/c1-11-5-6-15(10-16(11)18)13(3)14-7-8-17(19-4)12(2)9-14/h5-10H,3H2,1-2,4H3. The van der Waals surface area contributed by atoms with E-state index >= 15 is 0 Å². The zero-order valence-corrected chi connectivity index (χ0v) is 13.0. The highest BCUT2D eigenvalue weighted by molar-refractivity contribution is 9.10. The molecule has 2 aromatic rings. The van der Waals surface area contributed by atoms with Crippen LogP contribution in [0, 0.1) is 13.8 Å².